The number of fused-ring (bicyclic) bond motifs is 8. The van der Waals surface area contributed by atoms with Gasteiger partial charge in [0, 0.05) is 22.2 Å². The molecule has 0 aromatic carbocycles. The van der Waals surface area contributed by atoms with Gasteiger partial charge in [-0.05, 0) is 181 Å². The fourth-order valence-corrected chi connectivity index (χ4v) is 9.87. The second-order valence-corrected chi connectivity index (χ2v) is 17.0. The first-order chi connectivity index (χ1) is 26.3. The van der Waals surface area contributed by atoms with E-state index >= 15 is 0 Å². The number of nitrogens with zero attached hydrogens (tertiary/aromatic N) is 2. The van der Waals surface area contributed by atoms with E-state index in [0.717, 1.165) is 99.8 Å². The first-order valence-corrected chi connectivity index (χ1v) is 22.4. The van der Waals surface area contributed by atoms with E-state index in [4.69, 9.17) is 9.97 Å². The summed E-state index contributed by atoms with van der Waals surface area (Å²) in [4.78, 5) is 19.5. The molecular weight excluding hydrogens is 697 g/mol. The number of hydrogen-bond acceptors (Lipinski definition) is 4. The summed E-state index contributed by atoms with van der Waals surface area (Å²) in [6.45, 7) is 18.5. The molecule has 5 aromatic heterocycles. The summed E-state index contributed by atoms with van der Waals surface area (Å²) < 4.78 is 0. The van der Waals surface area contributed by atoms with Crippen molar-refractivity contribution < 1.29 is 0 Å². The number of rotatable bonds is 14. The Kier molecular flexibility index (Phi) is 11.9. The molecule has 0 aliphatic carbocycles. The van der Waals surface area contributed by atoms with E-state index in [0.29, 0.717) is 0 Å². The summed E-state index contributed by atoms with van der Waals surface area (Å²) in [6.07, 6.45) is 13.3. The van der Waals surface area contributed by atoms with E-state index in [9.17, 15) is 0 Å². The monoisotopic (exact) mass is 754 g/mol. The number of hydrogen-bond donors (Lipinski definition) is 2. The maximum Gasteiger partial charge on any atom is 0.0770 e. The van der Waals surface area contributed by atoms with Crippen molar-refractivity contribution in [3.05, 3.63) is 90.8 Å². The molecule has 0 saturated heterocycles. The summed E-state index contributed by atoms with van der Waals surface area (Å²) in [6, 6.07) is 9.34. The highest BCUT2D eigenvalue weighted by molar-refractivity contribution is 7.08. The molecule has 0 amide bonds. The van der Waals surface area contributed by atoms with E-state index in [1.807, 2.05) is 0 Å². The summed E-state index contributed by atoms with van der Waals surface area (Å²) >= 11 is 3.52. The Bertz CT molecular complexity index is 2230. The smallest absolute Gasteiger partial charge is 0.0770 e. The zero-order valence-electron chi connectivity index (χ0n) is 33.8. The predicted molar refractivity (Wildman–Crippen MR) is 238 cm³/mol. The molecule has 2 N–H and O–H groups in total. The molecule has 0 radical (unpaired) electrons. The molecule has 0 saturated carbocycles. The summed E-state index contributed by atoms with van der Waals surface area (Å²) in [7, 11) is 0. The average Bonchev–Trinajstić information content (AvgIpc) is 4.03. The SMILES string of the molecule is CCCCC1=C(C)c2nc1cc1[nH]c(c(C)c1CCCC)c(-c1ccsc1)c1[nH]c(cc3nc(c2-c2ccsc2)C(C)=C3CCCC)c(CCCC)c1C. The molecule has 6 heteroatoms. The quantitative estimate of drug-likeness (QED) is 0.119. The molecule has 8 bridgehead atoms. The lowest BCUT2D eigenvalue weighted by atomic mass is 9.93. The van der Waals surface area contributed by atoms with Gasteiger partial charge in [-0.1, -0.05) is 53.4 Å². The van der Waals surface area contributed by atoms with E-state index in [1.165, 1.54) is 88.9 Å². The highest BCUT2D eigenvalue weighted by atomic mass is 32.1. The van der Waals surface area contributed by atoms with Crippen LogP contribution in [0.5, 0.6) is 0 Å². The van der Waals surface area contributed by atoms with Crippen molar-refractivity contribution in [3.8, 4) is 22.3 Å². The lowest BCUT2D eigenvalue weighted by Crippen LogP contribution is -1.92. The van der Waals surface area contributed by atoms with Gasteiger partial charge in [0.2, 0.25) is 0 Å². The largest absolute Gasteiger partial charge is 0.354 e. The summed E-state index contributed by atoms with van der Waals surface area (Å²) in [5.41, 5.74) is 24.9. The van der Waals surface area contributed by atoms with Crippen LogP contribution in [0.2, 0.25) is 0 Å². The van der Waals surface area contributed by atoms with Crippen molar-refractivity contribution in [2.45, 2.75) is 132 Å². The normalized spacial score (nSPS) is 13.2. The number of allylic oxidation sites excluding steroid dienone is 4. The van der Waals surface area contributed by atoms with Crippen molar-refractivity contribution in [1.29, 1.82) is 0 Å². The second kappa shape index (κ2) is 16.8. The van der Waals surface area contributed by atoms with Crippen molar-refractivity contribution >= 4 is 67.0 Å². The Balaban J connectivity index is 1.73. The minimum absolute atomic E-state index is 1.01. The van der Waals surface area contributed by atoms with Crippen molar-refractivity contribution in [2.75, 3.05) is 0 Å². The van der Waals surface area contributed by atoms with Crippen LogP contribution in [-0.4, -0.2) is 19.9 Å². The third kappa shape index (κ3) is 7.12. The Labute approximate surface area is 330 Å². The second-order valence-electron chi connectivity index (χ2n) is 15.4. The molecule has 4 nitrogen and oxygen atoms in total. The van der Waals surface area contributed by atoms with Gasteiger partial charge in [0.15, 0.2) is 0 Å². The van der Waals surface area contributed by atoms with Gasteiger partial charge < -0.3 is 9.97 Å². The lowest BCUT2D eigenvalue weighted by molar-refractivity contribution is 0.796. The highest BCUT2D eigenvalue weighted by Gasteiger charge is 2.27. The van der Waals surface area contributed by atoms with E-state index in [2.05, 4.69) is 111 Å². The Morgan fingerprint density at radius 2 is 0.944 bits per heavy atom. The highest BCUT2D eigenvalue weighted by Crippen LogP contribution is 2.45. The molecule has 2 aliphatic heterocycles. The molecule has 7 heterocycles. The maximum absolute atomic E-state index is 5.65. The molecule has 54 heavy (non-hydrogen) atoms. The van der Waals surface area contributed by atoms with Crippen LogP contribution in [0.25, 0.3) is 66.6 Å². The Morgan fingerprint density at radius 3 is 1.33 bits per heavy atom. The number of thiophene rings is 2. The van der Waals surface area contributed by atoms with E-state index in [1.54, 1.807) is 22.7 Å². The van der Waals surface area contributed by atoms with E-state index < -0.39 is 0 Å². The molecule has 5 aromatic rings. The topological polar surface area (TPSA) is 57.4 Å². The number of nitrogens with one attached hydrogen (secondary N) is 2. The fraction of sp³-hybridized carbons (Fsp3) is 0.417. The minimum atomic E-state index is 1.01. The van der Waals surface area contributed by atoms with Crippen LogP contribution < -0.4 is 0 Å². The van der Waals surface area contributed by atoms with Gasteiger partial charge in [0.25, 0.3) is 0 Å². The van der Waals surface area contributed by atoms with Gasteiger partial charge in [-0.15, -0.1) is 0 Å². The predicted octanol–water partition coefficient (Wildman–Crippen LogP) is 15.3. The van der Waals surface area contributed by atoms with Crippen molar-refractivity contribution in [2.24, 2.45) is 0 Å². The average molecular weight is 755 g/mol. The van der Waals surface area contributed by atoms with Crippen LogP contribution in [-0.2, 0) is 12.8 Å². The number of aromatic nitrogens is 4. The first-order valence-electron chi connectivity index (χ1n) is 20.6. The van der Waals surface area contributed by atoms with Gasteiger partial charge in [0.1, 0.15) is 0 Å². The number of H-pyrrole nitrogens is 2. The standard InChI is InChI=1S/C48H58N4S2/c1-9-13-17-35-29(5)45-43(33-21-23-53-27-33)46-31(7)37(19-15-11-3)41(51-46)26-42-38(20-16-12-4)32(8)48(52-42)44(34-22-24-54-28-34)47-30(6)36(18-14-10-2)40(50-47)25-39(35)49-45/h21-28,49,51H,9-20H2,1-8H3. The van der Waals surface area contributed by atoms with Gasteiger partial charge in [-0.2, -0.15) is 22.7 Å². The van der Waals surface area contributed by atoms with Gasteiger partial charge in [0.05, 0.1) is 33.8 Å². The number of aryl methyl sites for hydroxylation is 4. The fourth-order valence-electron chi connectivity index (χ4n) is 8.57. The minimum Gasteiger partial charge on any atom is -0.354 e. The van der Waals surface area contributed by atoms with Crippen LogP contribution in [0, 0.1) is 13.8 Å². The van der Waals surface area contributed by atoms with Crippen LogP contribution in [0.3, 0.4) is 0 Å². The van der Waals surface area contributed by atoms with Crippen LogP contribution in [0.4, 0.5) is 0 Å². The molecule has 0 fully saturated rings. The van der Waals surface area contributed by atoms with Crippen molar-refractivity contribution in [1.82, 2.24) is 19.9 Å². The van der Waals surface area contributed by atoms with Crippen LogP contribution in [0.1, 0.15) is 151 Å². The maximum atomic E-state index is 5.65. The Hall–Kier alpha value is -4.00. The molecule has 0 atom stereocenters. The zero-order valence-corrected chi connectivity index (χ0v) is 35.4. The van der Waals surface area contributed by atoms with E-state index in [-0.39, 0.29) is 0 Å². The van der Waals surface area contributed by atoms with Gasteiger partial charge in [-0.25, -0.2) is 9.97 Å². The van der Waals surface area contributed by atoms with Crippen LogP contribution >= 0.6 is 22.7 Å². The third-order valence-electron chi connectivity index (χ3n) is 11.8. The lowest BCUT2D eigenvalue weighted by Gasteiger charge is -2.09. The van der Waals surface area contributed by atoms with Gasteiger partial charge in [-0.3, -0.25) is 0 Å². The van der Waals surface area contributed by atoms with Crippen LogP contribution in [0.15, 0.2) is 45.8 Å². The summed E-state index contributed by atoms with van der Waals surface area (Å²) in [5, 5.41) is 9.01. The molecule has 2 aliphatic rings. The zero-order chi connectivity index (χ0) is 37.9. The number of aromatic amines is 2. The van der Waals surface area contributed by atoms with Gasteiger partial charge >= 0.3 is 0 Å². The molecule has 282 valence electrons. The molecular formula is C48H58N4S2. The first kappa shape index (κ1) is 38.3. The molecule has 0 unspecified atom stereocenters. The third-order valence-corrected chi connectivity index (χ3v) is 13.2. The summed E-state index contributed by atoms with van der Waals surface area (Å²) in [5.74, 6) is 0. The molecule has 7 rings (SSSR count). The number of unbranched alkanes of at least 4 members (excludes halogenated alkanes) is 4. The van der Waals surface area contributed by atoms with Crippen molar-refractivity contribution in [3.63, 3.8) is 0 Å². The Morgan fingerprint density at radius 1 is 0.537 bits per heavy atom. The molecule has 0 spiro atoms.